The summed E-state index contributed by atoms with van der Waals surface area (Å²) in [6.45, 7) is -0.926. The molecule has 0 aliphatic carbocycles. The number of phosphoric acid groups is 3. The molecule has 5 N–H and O–H groups in total. The zero-order valence-electron chi connectivity index (χ0n) is 13.3. The molecule has 2 fully saturated rings. The third kappa shape index (κ3) is 4.60. The molecule has 28 heavy (non-hydrogen) atoms. The van der Waals surface area contributed by atoms with Crippen molar-refractivity contribution in [2.24, 2.45) is 0 Å². The Morgan fingerprint density at radius 1 is 1.07 bits per heavy atom. The van der Waals surface area contributed by atoms with E-state index in [2.05, 4.69) is 17.5 Å². The highest BCUT2D eigenvalue weighted by atomic mass is 31.3. The third-order valence-corrected chi connectivity index (χ3v) is 8.84. The molecular weight excluding hydrogens is 453 g/mol. The van der Waals surface area contributed by atoms with E-state index in [0.717, 1.165) is 16.8 Å². The van der Waals surface area contributed by atoms with Crippen LogP contribution in [0, 0.1) is 0 Å². The van der Waals surface area contributed by atoms with Crippen molar-refractivity contribution in [1.82, 2.24) is 9.55 Å². The molecule has 0 amide bonds. The molecular formula is C9H13N2O14P3. The number of nitrogens with one attached hydrogen (secondary N) is 1. The fourth-order valence-electron chi connectivity index (χ4n) is 2.36. The predicted molar refractivity (Wildman–Crippen MR) is 83.7 cm³/mol. The van der Waals surface area contributed by atoms with Crippen molar-refractivity contribution in [1.29, 1.82) is 0 Å². The van der Waals surface area contributed by atoms with E-state index < -0.39 is 65.9 Å². The molecule has 3 heterocycles. The number of aromatic nitrogens is 2. The molecule has 0 aromatic carbocycles. The van der Waals surface area contributed by atoms with Gasteiger partial charge in [0.2, 0.25) is 0 Å². The number of nitrogens with zero attached hydrogens (tertiary/aromatic N) is 1. The van der Waals surface area contributed by atoms with E-state index in [1.165, 1.54) is 0 Å². The van der Waals surface area contributed by atoms with E-state index in [4.69, 9.17) is 14.5 Å². The molecule has 1 aromatic heterocycles. The molecule has 19 heteroatoms. The highest BCUT2D eigenvalue weighted by Crippen LogP contribution is 2.80. The van der Waals surface area contributed by atoms with Gasteiger partial charge in [0.15, 0.2) is 6.23 Å². The van der Waals surface area contributed by atoms with Gasteiger partial charge in [-0.1, -0.05) is 0 Å². The smallest absolute Gasteiger partial charge is 0.387 e. The fraction of sp³-hybridized carbons (Fsp3) is 0.556. The van der Waals surface area contributed by atoms with Crippen LogP contribution in [0.25, 0.3) is 0 Å². The molecule has 2 aliphatic rings. The van der Waals surface area contributed by atoms with Gasteiger partial charge in [0.1, 0.15) is 18.3 Å². The standard InChI is InChI=1S/C9H13N2O14P3/c12-5-1-2-11(9(15)10-5)8-7(14)6(13)4(22-8)3-21-28(20)24-26(16,17)23-27(18,19)25-28/h1-2,4,6-8,13-14H,3H2,(H,16,17)(H,18,19)(H,10,12,15)/t4-,6-,7-,8-/m1/s1. The average Bonchev–Trinajstić information content (AvgIpc) is 2.78. The van der Waals surface area contributed by atoms with E-state index >= 15 is 0 Å². The quantitative estimate of drug-likeness (QED) is 0.319. The molecule has 0 bridgehead atoms. The maximum absolute atomic E-state index is 12.1. The summed E-state index contributed by atoms with van der Waals surface area (Å²) in [5.41, 5.74) is -1.68. The maximum atomic E-state index is 12.1. The summed E-state index contributed by atoms with van der Waals surface area (Å²) in [7, 11) is -15.6. The van der Waals surface area contributed by atoms with Crippen molar-refractivity contribution in [3.8, 4) is 0 Å². The Hall–Kier alpha value is -0.990. The molecule has 6 atom stereocenters. The molecule has 16 nitrogen and oxygen atoms in total. The number of hydrogen-bond donors (Lipinski definition) is 5. The predicted octanol–water partition coefficient (Wildman–Crippen LogP) is -1.46. The molecule has 3 rings (SSSR count). The first kappa shape index (κ1) is 21.7. The first-order chi connectivity index (χ1) is 12.8. The average molecular weight is 466 g/mol. The highest BCUT2D eigenvalue weighted by molar-refractivity contribution is 7.74. The van der Waals surface area contributed by atoms with Gasteiger partial charge in [0, 0.05) is 12.3 Å². The normalized spacial score (nSPS) is 43.9. The van der Waals surface area contributed by atoms with Crippen LogP contribution >= 0.6 is 23.5 Å². The van der Waals surface area contributed by atoms with Gasteiger partial charge in [0.05, 0.1) is 6.61 Å². The van der Waals surface area contributed by atoms with Gasteiger partial charge in [-0.3, -0.25) is 18.9 Å². The van der Waals surface area contributed by atoms with Crippen molar-refractivity contribution >= 4 is 23.5 Å². The van der Waals surface area contributed by atoms with Gasteiger partial charge in [-0.05, 0) is 0 Å². The minimum absolute atomic E-state index is 0.719. The van der Waals surface area contributed by atoms with Gasteiger partial charge in [-0.2, -0.15) is 12.9 Å². The van der Waals surface area contributed by atoms with E-state index in [-0.39, 0.29) is 0 Å². The molecule has 1 aromatic rings. The van der Waals surface area contributed by atoms with E-state index in [9.17, 15) is 33.5 Å². The van der Waals surface area contributed by atoms with Crippen LogP contribution in [0.15, 0.2) is 21.9 Å². The fourth-order valence-corrected chi connectivity index (χ4v) is 7.30. The molecule has 0 radical (unpaired) electrons. The van der Waals surface area contributed by atoms with Gasteiger partial charge >= 0.3 is 29.2 Å². The number of aliphatic hydroxyl groups excluding tert-OH is 2. The Morgan fingerprint density at radius 2 is 1.68 bits per heavy atom. The van der Waals surface area contributed by atoms with Crippen LogP contribution in [0.4, 0.5) is 0 Å². The lowest BCUT2D eigenvalue weighted by Crippen LogP contribution is -2.37. The maximum Gasteiger partial charge on any atom is 0.492 e. The van der Waals surface area contributed by atoms with E-state index in [1.54, 1.807) is 0 Å². The number of ether oxygens (including phenoxy) is 1. The monoisotopic (exact) mass is 466 g/mol. The molecule has 158 valence electrons. The van der Waals surface area contributed by atoms with Crippen molar-refractivity contribution < 1.29 is 55.9 Å². The summed E-state index contributed by atoms with van der Waals surface area (Å²) in [6, 6.07) is 0.952. The zero-order valence-corrected chi connectivity index (χ0v) is 16.0. The first-order valence-electron chi connectivity index (χ1n) is 7.18. The first-order valence-corrected chi connectivity index (χ1v) is 11.6. The second-order valence-corrected chi connectivity index (χ2v) is 10.5. The Balaban J connectivity index is 1.74. The van der Waals surface area contributed by atoms with Gasteiger partial charge in [0.25, 0.3) is 5.56 Å². The minimum atomic E-state index is -5.25. The van der Waals surface area contributed by atoms with Crippen LogP contribution in [-0.2, 0) is 35.9 Å². The zero-order chi connectivity index (χ0) is 20.9. The van der Waals surface area contributed by atoms with Crippen LogP contribution in [0.3, 0.4) is 0 Å². The second kappa shape index (κ2) is 7.36. The van der Waals surface area contributed by atoms with Crippen molar-refractivity contribution in [2.45, 2.75) is 24.5 Å². The van der Waals surface area contributed by atoms with Gasteiger partial charge in [-0.25, -0.2) is 18.5 Å². The van der Waals surface area contributed by atoms with Crippen LogP contribution in [0.2, 0.25) is 0 Å². The Kier molecular flexibility index (Phi) is 5.71. The number of aliphatic hydroxyl groups is 2. The van der Waals surface area contributed by atoms with E-state index in [0.29, 0.717) is 0 Å². The third-order valence-electron chi connectivity index (χ3n) is 3.47. The van der Waals surface area contributed by atoms with Crippen LogP contribution in [0.5, 0.6) is 0 Å². The van der Waals surface area contributed by atoms with E-state index in [1.807, 2.05) is 4.98 Å². The summed E-state index contributed by atoms with van der Waals surface area (Å²) in [6.07, 6.45) is -5.42. The number of rotatable bonds is 4. The molecule has 2 aliphatic heterocycles. The van der Waals surface area contributed by atoms with Crippen LogP contribution in [-0.4, -0.2) is 54.5 Å². The summed E-state index contributed by atoms with van der Waals surface area (Å²) < 4.78 is 57.2. The topological polar surface area (TPSA) is 233 Å². The van der Waals surface area contributed by atoms with Crippen molar-refractivity contribution in [3.63, 3.8) is 0 Å². The molecule has 0 spiro atoms. The summed E-state index contributed by atoms with van der Waals surface area (Å²) in [5, 5.41) is 20.0. The minimum Gasteiger partial charge on any atom is -0.387 e. The summed E-state index contributed by atoms with van der Waals surface area (Å²) in [5.74, 6) is 0. The molecule has 2 saturated heterocycles. The molecule has 2 unspecified atom stereocenters. The second-order valence-electron chi connectivity index (χ2n) is 5.49. The number of H-pyrrole nitrogens is 1. The largest absolute Gasteiger partial charge is 0.492 e. The lowest BCUT2D eigenvalue weighted by atomic mass is 10.1. The SMILES string of the molecule is O=c1ccn([C@@H]2O[C@H](COP3(=O)OP(=O)(O)OP(=O)(O)O3)[C@@H](O)[C@H]2O)c(=O)[nH]1. The lowest BCUT2D eigenvalue weighted by molar-refractivity contribution is -0.0545. The molecule has 0 saturated carbocycles. The van der Waals surface area contributed by atoms with Gasteiger partial charge < -0.3 is 24.7 Å². The Bertz CT molecular complexity index is 990. The number of aromatic amines is 1. The Labute approximate surface area is 154 Å². The lowest BCUT2D eigenvalue weighted by Gasteiger charge is -2.27. The Morgan fingerprint density at radius 3 is 2.25 bits per heavy atom. The van der Waals surface area contributed by atoms with Crippen LogP contribution in [0.1, 0.15) is 6.23 Å². The summed E-state index contributed by atoms with van der Waals surface area (Å²) in [4.78, 5) is 43.0. The van der Waals surface area contributed by atoms with Crippen molar-refractivity contribution in [2.75, 3.05) is 6.61 Å². The van der Waals surface area contributed by atoms with Gasteiger partial charge in [-0.15, -0.1) is 0 Å². The highest BCUT2D eigenvalue weighted by Gasteiger charge is 2.55. The summed E-state index contributed by atoms with van der Waals surface area (Å²) >= 11 is 0. The van der Waals surface area contributed by atoms with Crippen LogP contribution < -0.4 is 11.2 Å². The van der Waals surface area contributed by atoms with Crippen molar-refractivity contribution in [3.05, 3.63) is 33.1 Å². The number of hydrogen-bond acceptors (Lipinski definition) is 12.